The van der Waals surface area contributed by atoms with Crippen molar-refractivity contribution in [1.82, 2.24) is 5.32 Å². The van der Waals surface area contributed by atoms with E-state index in [1.165, 1.54) is 21.1 Å². The molecule has 0 saturated heterocycles. The summed E-state index contributed by atoms with van der Waals surface area (Å²) in [5.74, 6) is -1.91. The van der Waals surface area contributed by atoms with Crippen molar-refractivity contribution in [1.29, 1.82) is 0 Å². The molecule has 0 aliphatic rings. The zero-order chi connectivity index (χ0) is 22.6. The SMILES string of the molecule is COc1ccc(OC)c([C@@H](C)NC(=O)[C@H](C)N(c2ccc(F)c(F)c2)S(C)(=O)=O)c1. The molecule has 0 spiro atoms. The number of carbonyl (C=O) groups excluding carboxylic acids is 1. The van der Waals surface area contributed by atoms with Gasteiger partial charge in [-0.05, 0) is 44.2 Å². The number of sulfonamides is 1. The van der Waals surface area contributed by atoms with Crippen LogP contribution in [0, 0.1) is 11.6 Å². The Labute approximate surface area is 174 Å². The van der Waals surface area contributed by atoms with Gasteiger partial charge in [-0.15, -0.1) is 0 Å². The predicted octanol–water partition coefficient (Wildman–Crippen LogP) is 3.01. The largest absolute Gasteiger partial charge is 0.497 e. The van der Waals surface area contributed by atoms with Crippen LogP contribution in [0.3, 0.4) is 0 Å². The van der Waals surface area contributed by atoms with E-state index in [4.69, 9.17) is 9.47 Å². The average molecular weight is 442 g/mol. The molecule has 0 unspecified atom stereocenters. The minimum atomic E-state index is -3.98. The second kappa shape index (κ2) is 9.29. The fourth-order valence-electron chi connectivity index (χ4n) is 3.02. The molecule has 2 atom stereocenters. The minimum absolute atomic E-state index is 0.161. The van der Waals surface area contributed by atoms with Crippen molar-refractivity contribution in [2.24, 2.45) is 0 Å². The molecule has 0 aliphatic heterocycles. The van der Waals surface area contributed by atoms with Crippen molar-refractivity contribution in [2.45, 2.75) is 25.9 Å². The van der Waals surface area contributed by atoms with Crippen LogP contribution >= 0.6 is 0 Å². The predicted molar refractivity (Wildman–Crippen MR) is 109 cm³/mol. The van der Waals surface area contributed by atoms with Crippen molar-refractivity contribution in [2.75, 3.05) is 24.8 Å². The van der Waals surface area contributed by atoms with Crippen LogP contribution < -0.4 is 19.1 Å². The van der Waals surface area contributed by atoms with Gasteiger partial charge in [0.2, 0.25) is 15.9 Å². The third kappa shape index (κ3) is 5.18. The van der Waals surface area contributed by atoms with Crippen molar-refractivity contribution in [3.63, 3.8) is 0 Å². The fourth-order valence-corrected chi connectivity index (χ4v) is 4.19. The van der Waals surface area contributed by atoms with Crippen molar-refractivity contribution < 1.29 is 31.5 Å². The van der Waals surface area contributed by atoms with Crippen molar-refractivity contribution >= 4 is 21.6 Å². The van der Waals surface area contributed by atoms with Crippen molar-refractivity contribution in [3.8, 4) is 11.5 Å². The lowest BCUT2D eigenvalue weighted by molar-refractivity contribution is -0.122. The summed E-state index contributed by atoms with van der Waals surface area (Å²) in [5.41, 5.74) is 0.460. The van der Waals surface area contributed by atoms with Crippen LogP contribution in [0.1, 0.15) is 25.5 Å². The van der Waals surface area contributed by atoms with Gasteiger partial charge >= 0.3 is 0 Å². The van der Waals surface area contributed by atoms with Gasteiger partial charge < -0.3 is 14.8 Å². The minimum Gasteiger partial charge on any atom is -0.497 e. The van der Waals surface area contributed by atoms with Gasteiger partial charge in [0.1, 0.15) is 17.5 Å². The monoisotopic (exact) mass is 442 g/mol. The van der Waals surface area contributed by atoms with Crippen molar-refractivity contribution in [3.05, 3.63) is 53.6 Å². The normalized spacial score (nSPS) is 13.3. The van der Waals surface area contributed by atoms with E-state index in [9.17, 15) is 22.0 Å². The summed E-state index contributed by atoms with van der Waals surface area (Å²) in [6.07, 6.45) is 0.882. The number of methoxy groups -OCH3 is 2. The smallest absolute Gasteiger partial charge is 0.244 e. The number of carbonyl (C=O) groups is 1. The molecule has 1 N–H and O–H groups in total. The number of amides is 1. The number of ether oxygens (including phenoxy) is 2. The van der Waals surface area contributed by atoms with Gasteiger partial charge in [0.05, 0.1) is 32.2 Å². The number of nitrogens with one attached hydrogen (secondary N) is 1. The first-order valence-corrected chi connectivity index (χ1v) is 10.8. The lowest BCUT2D eigenvalue weighted by Gasteiger charge is -2.29. The third-order valence-electron chi connectivity index (χ3n) is 4.51. The first kappa shape index (κ1) is 23.4. The zero-order valence-corrected chi connectivity index (χ0v) is 18.1. The van der Waals surface area contributed by atoms with E-state index in [0.717, 1.165) is 28.8 Å². The summed E-state index contributed by atoms with van der Waals surface area (Å²) in [7, 11) is -0.991. The second-order valence-electron chi connectivity index (χ2n) is 6.67. The molecule has 0 fully saturated rings. The fraction of sp³-hybridized carbons (Fsp3) is 0.350. The van der Waals surface area contributed by atoms with Gasteiger partial charge in [0.15, 0.2) is 11.6 Å². The molecular weight excluding hydrogens is 418 g/mol. The highest BCUT2D eigenvalue weighted by Crippen LogP contribution is 2.30. The van der Waals surface area contributed by atoms with E-state index >= 15 is 0 Å². The molecule has 2 rings (SSSR count). The molecule has 10 heteroatoms. The summed E-state index contributed by atoms with van der Waals surface area (Å²) >= 11 is 0. The first-order valence-electron chi connectivity index (χ1n) is 8.96. The van der Waals surface area contributed by atoms with Gasteiger partial charge in [-0.2, -0.15) is 0 Å². The Morgan fingerprint density at radius 1 is 1.03 bits per heavy atom. The van der Waals surface area contributed by atoms with Crippen LogP contribution in [0.2, 0.25) is 0 Å². The summed E-state index contributed by atoms with van der Waals surface area (Å²) in [6.45, 7) is 3.05. The number of benzene rings is 2. The highest BCUT2D eigenvalue weighted by atomic mass is 32.2. The van der Waals surface area contributed by atoms with Gasteiger partial charge in [-0.25, -0.2) is 17.2 Å². The Kier molecular flexibility index (Phi) is 7.25. The number of nitrogens with zero attached hydrogens (tertiary/aromatic N) is 1. The Morgan fingerprint density at radius 2 is 1.70 bits per heavy atom. The number of hydrogen-bond donors (Lipinski definition) is 1. The van der Waals surface area contributed by atoms with E-state index in [0.29, 0.717) is 17.1 Å². The summed E-state index contributed by atoms with van der Waals surface area (Å²) in [5, 5.41) is 2.72. The van der Waals surface area contributed by atoms with Crippen LogP contribution in [-0.4, -0.2) is 40.8 Å². The van der Waals surface area contributed by atoms with E-state index in [-0.39, 0.29) is 5.69 Å². The van der Waals surface area contributed by atoms with Gasteiger partial charge in [0.25, 0.3) is 0 Å². The van der Waals surface area contributed by atoms with Crippen LogP contribution in [0.25, 0.3) is 0 Å². The van der Waals surface area contributed by atoms with E-state index < -0.39 is 39.6 Å². The number of hydrogen-bond acceptors (Lipinski definition) is 5. The number of anilines is 1. The van der Waals surface area contributed by atoms with E-state index in [2.05, 4.69) is 5.32 Å². The summed E-state index contributed by atoms with van der Waals surface area (Å²) < 4.78 is 62.8. The van der Waals surface area contributed by atoms with Gasteiger partial charge in [0, 0.05) is 11.6 Å². The quantitative estimate of drug-likeness (QED) is 0.679. The highest BCUT2D eigenvalue weighted by molar-refractivity contribution is 7.92. The molecule has 0 heterocycles. The molecule has 0 bridgehead atoms. The standard InChI is InChI=1S/C20H24F2N2O5S/c1-12(16-11-15(28-3)7-9-19(16)29-4)23-20(25)13(2)24(30(5,26)27)14-6-8-17(21)18(22)10-14/h6-13H,1-5H3,(H,23,25)/t12-,13+/m1/s1. The molecule has 7 nitrogen and oxygen atoms in total. The maximum absolute atomic E-state index is 13.7. The van der Waals surface area contributed by atoms with Crippen LogP contribution in [0.15, 0.2) is 36.4 Å². The highest BCUT2D eigenvalue weighted by Gasteiger charge is 2.31. The second-order valence-corrected chi connectivity index (χ2v) is 8.53. The molecule has 0 saturated carbocycles. The number of rotatable bonds is 8. The van der Waals surface area contributed by atoms with Gasteiger partial charge in [-0.1, -0.05) is 0 Å². The number of halogens is 2. The van der Waals surface area contributed by atoms with Gasteiger partial charge in [-0.3, -0.25) is 9.10 Å². The average Bonchev–Trinajstić information content (AvgIpc) is 2.68. The van der Waals surface area contributed by atoms with E-state index in [1.807, 2.05) is 0 Å². The molecule has 2 aromatic carbocycles. The maximum atomic E-state index is 13.7. The van der Waals surface area contributed by atoms with Crippen LogP contribution in [0.5, 0.6) is 11.5 Å². The van der Waals surface area contributed by atoms with E-state index in [1.54, 1.807) is 25.1 Å². The molecule has 0 aliphatic carbocycles. The summed E-state index contributed by atoms with van der Waals surface area (Å²) in [4.78, 5) is 12.8. The Balaban J connectivity index is 2.33. The molecule has 0 aromatic heterocycles. The molecular formula is C20H24F2N2O5S. The Hall–Kier alpha value is -2.88. The topological polar surface area (TPSA) is 84.9 Å². The molecule has 164 valence electrons. The van der Waals surface area contributed by atoms with Crippen LogP contribution in [0.4, 0.5) is 14.5 Å². The molecule has 2 aromatic rings. The molecule has 1 amide bonds. The summed E-state index contributed by atoms with van der Waals surface area (Å²) in [6, 6.07) is 5.92. The maximum Gasteiger partial charge on any atom is 0.244 e. The van der Waals surface area contributed by atoms with Crippen LogP contribution in [-0.2, 0) is 14.8 Å². The lowest BCUT2D eigenvalue weighted by atomic mass is 10.1. The molecule has 0 radical (unpaired) electrons. The molecule has 30 heavy (non-hydrogen) atoms. The third-order valence-corrected chi connectivity index (χ3v) is 5.75. The Bertz CT molecular complexity index is 1030. The Morgan fingerprint density at radius 3 is 2.23 bits per heavy atom. The lowest BCUT2D eigenvalue weighted by Crippen LogP contribution is -2.48. The first-order chi connectivity index (χ1) is 14.0. The zero-order valence-electron chi connectivity index (χ0n) is 17.3.